The fourth-order valence-corrected chi connectivity index (χ4v) is 1.84. The van der Waals surface area contributed by atoms with Crippen LogP contribution in [0, 0.1) is 0 Å². The van der Waals surface area contributed by atoms with Gasteiger partial charge < -0.3 is 14.6 Å². The van der Waals surface area contributed by atoms with E-state index in [1.54, 1.807) is 42.7 Å². The predicted octanol–water partition coefficient (Wildman–Crippen LogP) is 2.59. The van der Waals surface area contributed by atoms with Gasteiger partial charge in [0.15, 0.2) is 0 Å². The summed E-state index contributed by atoms with van der Waals surface area (Å²) in [5, 5.41) is 17.8. The van der Waals surface area contributed by atoms with Crippen LogP contribution in [0.3, 0.4) is 0 Å². The quantitative estimate of drug-likeness (QED) is 0.862. The van der Waals surface area contributed by atoms with Crippen LogP contribution in [0.5, 0.6) is 0 Å². The zero-order valence-corrected chi connectivity index (χ0v) is 9.95. The average molecular weight is 260 g/mol. The van der Waals surface area contributed by atoms with E-state index in [2.05, 4.69) is 0 Å². The zero-order chi connectivity index (χ0) is 13.8. The Labute approximate surface area is 109 Å². The molecule has 0 saturated carbocycles. The molecule has 0 bridgehead atoms. The molecule has 5 nitrogen and oxygen atoms in total. The molecule has 0 radical (unpaired) electrons. The van der Waals surface area contributed by atoms with Gasteiger partial charge in [-0.1, -0.05) is 24.3 Å². The summed E-state index contributed by atoms with van der Waals surface area (Å²) in [6.07, 6.45) is 1.11. The van der Waals surface area contributed by atoms with Crippen LogP contribution in [0.25, 0.3) is 11.3 Å². The molecule has 0 fully saturated rings. The summed E-state index contributed by atoms with van der Waals surface area (Å²) in [7, 11) is 0. The van der Waals surface area contributed by atoms with Crippen LogP contribution < -0.4 is 0 Å². The molecule has 1 aromatic carbocycles. The van der Waals surface area contributed by atoms with Crippen molar-refractivity contribution in [3.63, 3.8) is 0 Å². The van der Waals surface area contributed by atoms with Crippen LogP contribution in [0.2, 0.25) is 0 Å². The van der Waals surface area contributed by atoms with E-state index >= 15 is 0 Å². The van der Waals surface area contributed by atoms with Crippen molar-refractivity contribution in [3.8, 4) is 11.3 Å². The van der Waals surface area contributed by atoms with Gasteiger partial charge >= 0.3 is 11.9 Å². The van der Waals surface area contributed by atoms with E-state index < -0.39 is 24.3 Å². The Bertz CT molecular complexity index is 568. The van der Waals surface area contributed by atoms with Gasteiger partial charge in [-0.15, -0.1) is 0 Å². The Balaban J connectivity index is 2.25. The molecule has 19 heavy (non-hydrogen) atoms. The zero-order valence-electron chi connectivity index (χ0n) is 9.95. The van der Waals surface area contributed by atoms with Gasteiger partial charge in [-0.25, -0.2) is 0 Å². The molecule has 1 atom stereocenters. The van der Waals surface area contributed by atoms with Crippen LogP contribution >= 0.6 is 0 Å². The van der Waals surface area contributed by atoms with E-state index in [4.69, 9.17) is 14.6 Å². The lowest BCUT2D eigenvalue weighted by molar-refractivity contribution is -0.145. The minimum Gasteiger partial charge on any atom is -0.481 e. The first kappa shape index (κ1) is 12.9. The molecule has 2 rings (SSSR count). The van der Waals surface area contributed by atoms with Crippen LogP contribution in [-0.4, -0.2) is 22.2 Å². The lowest BCUT2D eigenvalue weighted by atomic mass is 9.95. The van der Waals surface area contributed by atoms with Crippen molar-refractivity contribution in [3.05, 3.63) is 48.2 Å². The summed E-state index contributed by atoms with van der Waals surface area (Å²) in [6.45, 7) is 0. The minimum atomic E-state index is -1.15. The second-order valence-electron chi connectivity index (χ2n) is 4.09. The molecule has 0 spiro atoms. The minimum absolute atomic E-state index is 0.435. The lowest BCUT2D eigenvalue weighted by Crippen LogP contribution is -2.15. The maximum Gasteiger partial charge on any atom is 0.311 e. The Kier molecular flexibility index (Phi) is 3.66. The number of benzene rings is 1. The smallest absolute Gasteiger partial charge is 0.311 e. The molecular weight excluding hydrogens is 248 g/mol. The average Bonchev–Trinajstić information content (AvgIpc) is 2.89. The number of carbonyl (C=O) groups is 2. The molecule has 1 heterocycles. The van der Waals surface area contributed by atoms with Crippen LogP contribution in [0.1, 0.15) is 17.9 Å². The second kappa shape index (κ2) is 5.39. The van der Waals surface area contributed by atoms with E-state index in [0.717, 1.165) is 5.56 Å². The van der Waals surface area contributed by atoms with Gasteiger partial charge in [0.05, 0.1) is 18.6 Å². The molecule has 1 aromatic heterocycles. The van der Waals surface area contributed by atoms with Crippen molar-refractivity contribution >= 4 is 11.9 Å². The normalized spacial score (nSPS) is 12.0. The van der Waals surface area contributed by atoms with Crippen LogP contribution in [-0.2, 0) is 9.59 Å². The molecule has 98 valence electrons. The first-order valence-corrected chi connectivity index (χ1v) is 5.66. The Morgan fingerprint density at radius 2 is 1.79 bits per heavy atom. The molecule has 0 aliphatic carbocycles. The SMILES string of the molecule is O=C(O)CC(C(=O)O)c1ccc(-c2ccco2)cc1. The van der Waals surface area contributed by atoms with Crippen LogP contribution in [0.4, 0.5) is 0 Å². The first-order chi connectivity index (χ1) is 9.08. The molecule has 2 aromatic rings. The molecule has 0 aliphatic heterocycles. The Morgan fingerprint density at radius 1 is 1.11 bits per heavy atom. The first-order valence-electron chi connectivity index (χ1n) is 5.66. The van der Waals surface area contributed by atoms with E-state index in [9.17, 15) is 9.59 Å². The number of rotatable bonds is 5. The molecular formula is C14H12O5. The fraction of sp³-hybridized carbons (Fsp3) is 0.143. The summed E-state index contributed by atoms with van der Waals surface area (Å²) < 4.78 is 5.22. The highest BCUT2D eigenvalue weighted by Crippen LogP contribution is 2.25. The summed E-state index contributed by atoms with van der Waals surface area (Å²) in [5.41, 5.74) is 1.28. The van der Waals surface area contributed by atoms with Crippen molar-refractivity contribution < 1.29 is 24.2 Å². The van der Waals surface area contributed by atoms with Crippen molar-refractivity contribution in [2.24, 2.45) is 0 Å². The number of furan rings is 1. The Hall–Kier alpha value is -2.56. The standard InChI is InChI=1S/C14H12O5/c15-13(16)8-11(14(17)18)9-3-5-10(6-4-9)12-2-1-7-19-12/h1-7,11H,8H2,(H,15,16)(H,17,18). The highest BCUT2D eigenvalue weighted by Gasteiger charge is 2.22. The van der Waals surface area contributed by atoms with E-state index in [0.29, 0.717) is 11.3 Å². The number of carboxylic acid groups (broad SMARTS) is 2. The number of carboxylic acids is 2. The summed E-state index contributed by atoms with van der Waals surface area (Å²) in [4.78, 5) is 21.7. The van der Waals surface area contributed by atoms with Gasteiger partial charge in [0.25, 0.3) is 0 Å². The maximum atomic E-state index is 11.1. The lowest BCUT2D eigenvalue weighted by Gasteiger charge is -2.10. The fourth-order valence-electron chi connectivity index (χ4n) is 1.84. The third-order valence-corrected chi connectivity index (χ3v) is 2.80. The van der Waals surface area contributed by atoms with Gasteiger partial charge in [0, 0.05) is 5.56 Å². The van der Waals surface area contributed by atoms with E-state index in [1.807, 2.05) is 0 Å². The van der Waals surface area contributed by atoms with Gasteiger partial charge in [0.2, 0.25) is 0 Å². The summed E-state index contributed by atoms with van der Waals surface area (Å²) in [6, 6.07) is 10.2. The third kappa shape index (κ3) is 3.01. The van der Waals surface area contributed by atoms with Crippen molar-refractivity contribution in [2.75, 3.05) is 0 Å². The number of hydrogen-bond acceptors (Lipinski definition) is 3. The largest absolute Gasteiger partial charge is 0.481 e. The molecule has 1 unspecified atom stereocenters. The molecule has 0 saturated heterocycles. The Morgan fingerprint density at radius 3 is 2.26 bits per heavy atom. The highest BCUT2D eigenvalue weighted by atomic mass is 16.4. The molecule has 0 aliphatic rings. The monoisotopic (exact) mass is 260 g/mol. The predicted molar refractivity (Wildman–Crippen MR) is 66.8 cm³/mol. The third-order valence-electron chi connectivity index (χ3n) is 2.80. The van der Waals surface area contributed by atoms with E-state index in [1.165, 1.54) is 0 Å². The number of aliphatic carboxylic acids is 2. The van der Waals surface area contributed by atoms with Gasteiger partial charge in [-0.3, -0.25) is 9.59 Å². The number of hydrogen-bond donors (Lipinski definition) is 2. The van der Waals surface area contributed by atoms with Crippen molar-refractivity contribution in [2.45, 2.75) is 12.3 Å². The summed E-state index contributed by atoms with van der Waals surface area (Å²) in [5.74, 6) is -2.64. The van der Waals surface area contributed by atoms with Crippen molar-refractivity contribution in [1.29, 1.82) is 0 Å². The van der Waals surface area contributed by atoms with Crippen molar-refractivity contribution in [1.82, 2.24) is 0 Å². The highest BCUT2D eigenvalue weighted by molar-refractivity contribution is 5.82. The maximum absolute atomic E-state index is 11.1. The molecule has 5 heteroatoms. The molecule has 0 amide bonds. The van der Waals surface area contributed by atoms with Gasteiger partial charge in [0.1, 0.15) is 5.76 Å². The molecule has 2 N–H and O–H groups in total. The van der Waals surface area contributed by atoms with E-state index in [-0.39, 0.29) is 0 Å². The van der Waals surface area contributed by atoms with Gasteiger partial charge in [-0.2, -0.15) is 0 Å². The van der Waals surface area contributed by atoms with Crippen LogP contribution in [0.15, 0.2) is 47.1 Å². The van der Waals surface area contributed by atoms with Gasteiger partial charge in [-0.05, 0) is 17.7 Å². The summed E-state index contributed by atoms with van der Waals surface area (Å²) >= 11 is 0. The topological polar surface area (TPSA) is 87.7 Å². The second-order valence-corrected chi connectivity index (χ2v) is 4.09.